The fraction of sp³-hybridized carbons (Fsp3) is 0.588. The molecule has 0 spiro atoms. The van der Waals surface area contributed by atoms with Gasteiger partial charge in [0, 0.05) is 23.5 Å². The maximum absolute atomic E-state index is 6.34. The van der Waals surface area contributed by atoms with Crippen LogP contribution in [0.25, 0.3) is 0 Å². The van der Waals surface area contributed by atoms with Crippen molar-refractivity contribution in [2.24, 2.45) is 16.6 Å². The molecule has 2 aliphatic rings. The SMILES string of the molecule is CC1CCCN(C(N)=NCC2(c3ccccc3Cl)CC2)C1.I. The number of rotatable bonds is 3. The summed E-state index contributed by atoms with van der Waals surface area (Å²) >= 11 is 6.34. The van der Waals surface area contributed by atoms with Crippen LogP contribution >= 0.6 is 35.6 Å². The summed E-state index contributed by atoms with van der Waals surface area (Å²) in [6.07, 6.45) is 4.83. The third-order valence-corrected chi connectivity index (χ3v) is 5.15. The van der Waals surface area contributed by atoms with E-state index in [-0.39, 0.29) is 29.4 Å². The van der Waals surface area contributed by atoms with Crippen molar-refractivity contribution >= 4 is 41.5 Å². The summed E-state index contributed by atoms with van der Waals surface area (Å²) in [6.45, 7) is 5.12. The molecule has 1 aromatic carbocycles. The van der Waals surface area contributed by atoms with E-state index in [1.165, 1.54) is 18.4 Å². The number of piperidine rings is 1. The highest BCUT2D eigenvalue weighted by Gasteiger charge is 2.45. The van der Waals surface area contributed by atoms with Gasteiger partial charge in [-0.3, -0.25) is 4.99 Å². The highest BCUT2D eigenvalue weighted by atomic mass is 127. The van der Waals surface area contributed by atoms with Crippen LogP contribution in [0.1, 0.15) is 38.2 Å². The molecule has 1 heterocycles. The predicted molar refractivity (Wildman–Crippen MR) is 104 cm³/mol. The van der Waals surface area contributed by atoms with Gasteiger partial charge in [0.25, 0.3) is 0 Å². The summed E-state index contributed by atoms with van der Waals surface area (Å²) in [4.78, 5) is 6.93. The van der Waals surface area contributed by atoms with Crippen molar-refractivity contribution in [3.63, 3.8) is 0 Å². The molecule has 1 aliphatic carbocycles. The fourth-order valence-corrected chi connectivity index (χ4v) is 3.62. The number of aliphatic imine (C=N–C) groups is 1. The van der Waals surface area contributed by atoms with E-state index in [4.69, 9.17) is 22.3 Å². The topological polar surface area (TPSA) is 41.6 Å². The van der Waals surface area contributed by atoms with Gasteiger partial charge in [-0.25, -0.2) is 0 Å². The summed E-state index contributed by atoms with van der Waals surface area (Å²) in [7, 11) is 0. The van der Waals surface area contributed by atoms with Crippen molar-refractivity contribution in [2.75, 3.05) is 19.6 Å². The molecule has 1 saturated heterocycles. The molecule has 1 aliphatic heterocycles. The zero-order valence-corrected chi connectivity index (χ0v) is 16.2. The summed E-state index contributed by atoms with van der Waals surface area (Å²) in [5, 5.41) is 0.857. The molecule has 1 atom stereocenters. The summed E-state index contributed by atoms with van der Waals surface area (Å²) < 4.78 is 0. The molecule has 22 heavy (non-hydrogen) atoms. The Morgan fingerprint density at radius 2 is 2.14 bits per heavy atom. The zero-order chi connectivity index (χ0) is 14.9. The Labute approximate surface area is 155 Å². The average molecular weight is 434 g/mol. The Morgan fingerprint density at radius 1 is 1.41 bits per heavy atom. The average Bonchev–Trinajstić information content (AvgIpc) is 3.26. The molecule has 3 nitrogen and oxygen atoms in total. The van der Waals surface area contributed by atoms with Crippen molar-refractivity contribution < 1.29 is 0 Å². The quantitative estimate of drug-likeness (QED) is 0.444. The van der Waals surface area contributed by atoms with Crippen molar-refractivity contribution in [1.82, 2.24) is 4.90 Å². The summed E-state index contributed by atoms with van der Waals surface area (Å²) in [6, 6.07) is 8.13. The van der Waals surface area contributed by atoms with E-state index < -0.39 is 0 Å². The first kappa shape index (κ1) is 17.9. The lowest BCUT2D eigenvalue weighted by molar-refractivity contribution is 0.270. The number of hydrogen-bond donors (Lipinski definition) is 1. The van der Waals surface area contributed by atoms with Gasteiger partial charge in [0.1, 0.15) is 0 Å². The highest BCUT2D eigenvalue weighted by molar-refractivity contribution is 14.0. The smallest absolute Gasteiger partial charge is 0.191 e. The van der Waals surface area contributed by atoms with Gasteiger partial charge >= 0.3 is 0 Å². The Bertz CT molecular complexity index is 542. The first-order valence-corrected chi connectivity index (χ1v) is 8.28. The second-order valence-electron chi connectivity index (χ2n) is 6.63. The van der Waals surface area contributed by atoms with Gasteiger partial charge in [0.15, 0.2) is 5.96 Å². The van der Waals surface area contributed by atoms with Crippen LogP contribution in [0.2, 0.25) is 5.02 Å². The van der Waals surface area contributed by atoms with Gasteiger partial charge in [-0.15, -0.1) is 24.0 Å². The molecule has 2 N–H and O–H groups in total. The van der Waals surface area contributed by atoms with E-state index in [1.807, 2.05) is 12.1 Å². The minimum absolute atomic E-state index is 0. The van der Waals surface area contributed by atoms with E-state index in [0.29, 0.717) is 11.9 Å². The number of likely N-dealkylation sites (tertiary alicyclic amines) is 1. The number of hydrogen-bond acceptors (Lipinski definition) is 1. The highest BCUT2D eigenvalue weighted by Crippen LogP contribution is 2.50. The monoisotopic (exact) mass is 433 g/mol. The van der Waals surface area contributed by atoms with Crippen LogP contribution in [0, 0.1) is 5.92 Å². The molecular formula is C17H25ClIN3. The Kier molecular flexibility index (Phi) is 6.00. The Balaban J connectivity index is 0.00000176. The third kappa shape index (κ3) is 3.88. The molecule has 1 unspecified atom stereocenters. The van der Waals surface area contributed by atoms with Gasteiger partial charge in [0.2, 0.25) is 0 Å². The first-order chi connectivity index (χ1) is 10.1. The number of nitrogens with zero attached hydrogens (tertiary/aromatic N) is 2. The second kappa shape index (κ2) is 7.39. The molecule has 122 valence electrons. The number of guanidine groups is 1. The lowest BCUT2D eigenvalue weighted by Gasteiger charge is -2.32. The molecule has 0 aromatic heterocycles. The standard InChI is InChI=1S/C17H24ClN3.HI/c1-13-5-4-10-21(11-13)16(19)20-12-17(8-9-17)14-6-2-3-7-15(14)18;/h2-3,6-7,13H,4-5,8-12H2,1H3,(H2,19,20);1H. The molecular weight excluding hydrogens is 409 g/mol. The maximum Gasteiger partial charge on any atom is 0.191 e. The zero-order valence-electron chi connectivity index (χ0n) is 13.1. The van der Waals surface area contributed by atoms with Crippen LogP contribution in [-0.2, 0) is 5.41 Å². The largest absolute Gasteiger partial charge is 0.370 e. The molecule has 1 aromatic rings. The Morgan fingerprint density at radius 3 is 2.77 bits per heavy atom. The van der Waals surface area contributed by atoms with E-state index in [1.54, 1.807) is 0 Å². The van der Waals surface area contributed by atoms with Crippen LogP contribution in [0.4, 0.5) is 0 Å². The van der Waals surface area contributed by atoms with Crippen LogP contribution in [0.3, 0.4) is 0 Å². The summed E-state index contributed by atoms with van der Waals surface area (Å²) in [5.41, 5.74) is 7.57. The third-order valence-electron chi connectivity index (χ3n) is 4.82. The lowest BCUT2D eigenvalue weighted by atomic mass is 9.96. The van der Waals surface area contributed by atoms with Crippen LogP contribution < -0.4 is 5.73 Å². The molecule has 0 radical (unpaired) electrons. The van der Waals surface area contributed by atoms with Crippen LogP contribution in [-0.4, -0.2) is 30.5 Å². The van der Waals surface area contributed by atoms with Gasteiger partial charge in [-0.2, -0.15) is 0 Å². The number of benzene rings is 1. The molecule has 0 amide bonds. The second-order valence-corrected chi connectivity index (χ2v) is 7.04. The molecule has 0 bridgehead atoms. The minimum Gasteiger partial charge on any atom is -0.370 e. The van der Waals surface area contributed by atoms with Crippen LogP contribution in [0.5, 0.6) is 0 Å². The van der Waals surface area contributed by atoms with Gasteiger partial charge < -0.3 is 10.6 Å². The van der Waals surface area contributed by atoms with E-state index in [0.717, 1.165) is 37.5 Å². The molecule has 3 rings (SSSR count). The van der Waals surface area contributed by atoms with E-state index in [9.17, 15) is 0 Å². The van der Waals surface area contributed by atoms with Crippen molar-refractivity contribution in [3.8, 4) is 0 Å². The number of nitrogens with two attached hydrogens (primary N) is 1. The molecule has 1 saturated carbocycles. The van der Waals surface area contributed by atoms with Crippen molar-refractivity contribution in [2.45, 2.75) is 38.0 Å². The van der Waals surface area contributed by atoms with Crippen molar-refractivity contribution in [1.29, 1.82) is 0 Å². The maximum atomic E-state index is 6.34. The van der Waals surface area contributed by atoms with Gasteiger partial charge in [-0.1, -0.05) is 36.7 Å². The summed E-state index contributed by atoms with van der Waals surface area (Å²) in [5.74, 6) is 1.42. The molecule has 5 heteroatoms. The normalized spacial score (nSPS) is 23.8. The Hall–Kier alpha value is -0.490. The van der Waals surface area contributed by atoms with Gasteiger partial charge in [0.05, 0.1) is 6.54 Å². The molecule has 2 fully saturated rings. The lowest BCUT2D eigenvalue weighted by Crippen LogP contribution is -2.43. The van der Waals surface area contributed by atoms with Crippen LogP contribution in [0.15, 0.2) is 29.3 Å². The first-order valence-electron chi connectivity index (χ1n) is 7.91. The van der Waals surface area contributed by atoms with Gasteiger partial charge in [-0.05, 0) is 43.2 Å². The van der Waals surface area contributed by atoms with E-state index >= 15 is 0 Å². The van der Waals surface area contributed by atoms with Crippen molar-refractivity contribution in [3.05, 3.63) is 34.9 Å². The number of halogens is 2. The minimum atomic E-state index is 0. The van der Waals surface area contributed by atoms with E-state index in [2.05, 4.69) is 24.0 Å². The predicted octanol–water partition coefficient (Wildman–Crippen LogP) is 4.04. The fourth-order valence-electron chi connectivity index (χ4n) is 3.28.